The van der Waals surface area contributed by atoms with Gasteiger partial charge in [-0.2, -0.15) is 17.6 Å². The number of hydrogen-bond donors (Lipinski definition) is 0. The maximum atomic E-state index is 13.6. The Balaban J connectivity index is 2.69. The Kier molecular flexibility index (Phi) is 3.48. The molecule has 1 heterocycles. The molecule has 0 atom stereocenters. The summed E-state index contributed by atoms with van der Waals surface area (Å²) in [5.74, 6) is -1.99. The Hall–Kier alpha value is -1.28. The summed E-state index contributed by atoms with van der Waals surface area (Å²) in [5.41, 5.74) is 0.782. The van der Waals surface area contributed by atoms with Crippen LogP contribution >= 0.6 is 15.9 Å². The first-order chi connectivity index (χ1) is 8.75. The predicted octanol–water partition coefficient (Wildman–Crippen LogP) is 2.78. The van der Waals surface area contributed by atoms with Crippen molar-refractivity contribution in [3.05, 3.63) is 45.7 Å². The molecule has 2 aromatic rings. The lowest BCUT2D eigenvalue weighted by Gasteiger charge is -2.07. The molecule has 0 saturated carbocycles. The van der Waals surface area contributed by atoms with Crippen molar-refractivity contribution in [3.8, 4) is 0 Å². The van der Waals surface area contributed by atoms with Gasteiger partial charge in [0.25, 0.3) is 10.0 Å². The second-order valence-corrected chi connectivity index (χ2v) is 6.44. The van der Waals surface area contributed by atoms with Gasteiger partial charge in [0.2, 0.25) is 0 Å². The van der Waals surface area contributed by atoms with Gasteiger partial charge in [0, 0.05) is 6.07 Å². The minimum atomic E-state index is -4.18. The molecule has 4 nitrogen and oxygen atoms in total. The van der Waals surface area contributed by atoms with Crippen molar-refractivity contribution in [3.63, 3.8) is 0 Å². The highest BCUT2D eigenvalue weighted by molar-refractivity contribution is 9.10. The Morgan fingerprint density at radius 2 is 1.89 bits per heavy atom. The van der Waals surface area contributed by atoms with Crippen molar-refractivity contribution in [2.45, 2.75) is 18.7 Å². The van der Waals surface area contributed by atoms with Gasteiger partial charge in [0.1, 0.15) is 16.5 Å². The van der Waals surface area contributed by atoms with Crippen LogP contribution in [0.3, 0.4) is 0 Å². The van der Waals surface area contributed by atoms with Gasteiger partial charge >= 0.3 is 0 Å². The van der Waals surface area contributed by atoms with E-state index >= 15 is 0 Å². The van der Waals surface area contributed by atoms with Crippen LogP contribution in [-0.4, -0.2) is 17.6 Å². The molecule has 0 amide bonds. The van der Waals surface area contributed by atoms with Gasteiger partial charge < -0.3 is 0 Å². The van der Waals surface area contributed by atoms with Gasteiger partial charge in [-0.3, -0.25) is 0 Å². The average Bonchev–Trinajstić information content (AvgIpc) is 2.57. The molecular formula is C11H9BrF2N2O2S. The number of aromatic nitrogens is 2. The summed E-state index contributed by atoms with van der Waals surface area (Å²) in [4.78, 5) is -0.619. The largest absolute Gasteiger partial charge is 0.286 e. The van der Waals surface area contributed by atoms with Crippen molar-refractivity contribution < 1.29 is 17.2 Å². The van der Waals surface area contributed by atoms with Crippen LogP contribution in [0.4, 0.5) is 8.78 Å². The summed E-state index contributed by atoms with van der Waals surface area (Å²) in [7, 11) is -4.18. The van der Waals surface area contributed by atoms with Crippen molar-refractivity contribution >= 4 is 26.0 Å². The van der Waals surface area contributed by atoms with Gasteiger partial charge in [-0.1, -0.05) is 0 Å². The minimum absolute atomic E-state index is 0.321. The summed E-state index contributed by atoms with van der Waals surface area (Å²) in [6.07, 6.45) is 0. The van der Waals surface area contributed by atoms with Crippen LogP contribution in [0.25, 0.3) is 0 Å². The highest BCUT2D eigenvalue weighted by Gasteiger charge is 2.26. The van der Waals surface area contributed by atoms with Crippen LogP contribution in [0.15, 0.2) is 27.6 Å². The van der Waals surface area contributed by atoms with E-state index in [1.165, 1.54) is 6.92 Å². The standard InChI is InChI=1S/C11H9BrF2N2O2S/c1-6-11(12)7(2)16(15-6)19(17,18)10-4-3-8(13)5-9(10)14/h3-5H,1-2H3. The molecule has 0 unspecified atom stereocenters. The van der Waals surface area contributed by atoms with Crippen molar-refractivity contribution in [2.75, 3.05) is 0 Å². The first kappa shape index (κ1) is 14.1. The fourth-order valence-electron chi connectivity index (χ4n) is 1.61. The third-order valence-electron chi connectivity index (χ3n) is 2.56. The maximum absolute atomic E-state index is 13.6. The molecule has 2 rings (SSSR count). The summed E-state index contributed by atoms with van der Waals surface area (Å²) in [5, 5.41) is 3.84. The molecule has 8 heteroatoms. The Morgan fingerprint density at radius 3 is 2.37 bits per heavy atom. The molecular weight excluding hydrogens is 342 g/mol. The molecule has 19 heavy (non-hydrogen) atoms. The third-order valence-corrected chi connectivity index (χ3v) is 5.41. The topological polar surface area (TPSA) is 52.0 Å². The molecule has 0 radical (unpaired) electrons. The van der Waals surface area contributed by atoms with E-state index in [-0.39, 0.29) is 0 Å². The fourth-order valence-corrected chi connectivity index (χ4v) is 3.39. The van der Waals surface area contributed by atoms with Gasteiger partial charge in [0.05, 0.1) is 15.9 Å². The molecule has 0 aliphatic rings. The Morgan fingerprint density at radius 1 is 1.26 bits per heavy atom. The van der Waals surface area contributed by atoms with E-state index in [0.29, 0.717) is 21.9 Å². The summed E-state index contributed by atoms with van der Waals surface area (Å²) in [6, 6.07) is 2.29. The first-order valence-electron chi connectivity index (χ1n) is 5.17. The lowest BCUT2D eigenvalue weighted by Crippen LogP contribution is -2.17. The SMILES string of the molecule is Cc1nn(S(=O)(=O)c2ccc(F)cc2F)c(C)c1Br. The van der Waals surface area contributed by atoms with E-state index < -0.39 is 26.6 Å². The molecule has 0 aliphatic carbocycles. The van der Waals surface area contributed by atoms with Crippen LogP contribution in [0, 0.1) is 25.5 Å². The number of benzene rings is 1. The van der Waals surface area contributed by atoms with Gasteiger partial charge in [-0.15, -0.1) is 0 Å². The molecule has 1 aromatic carbocycles. The highest BCUT2D eigenvalue weighted by atomic mass is 79.9. The molecule has 0 N–H and O–H groups in total. The number of halogens is 3. The van der Waals surface area contributed by atoms with Crippen LogP contribution in [0.1, 0.15) is 11.4 Å². The molecule has 0 saturated heterocycles. The van der Waals surface area contributed by atoms with E-state index in [0.717, 1.165) is 16.2 Å². The molecule has 0 bridgehead atoms. The van der Waals surface area contributed by atoms with E-state index in [2.05, 4.69) is 21.0 Å². The number of hydrogen-bond acceptors (Lipinski definition) is 3. The number of aryl methyl sites for hydroxylation is 1. The second-order valence-electron chi connectivity index (χ2n) is 3.91. The molecule has 1 aromatic heterocycles. The third kappa shape index (κ3) is 2.30. The second kappa shape index (κ2) is 4.68. The zero-order chi connectivity index (χ0) is 14.4. The van der Waals surface area contributed by atoms with Crippen LogP contribution in [-0.2, 0) is 10.0 Å². The van der Waals surface area contributed by atoms with E-state index in [1.54, 1.807) is 6.92 Å². The smallest absolute Gasteiger partial charge is 0.207 e. The monoisotopic (exact) mass is 350 g/mol. The summed E-state index contributed by atoms with van der Waals surface area (Å²) >= 11 is 3.19. The Bertz CT molecular complexity index is 756. The summed E-state index contributed by atoms with van der Waals surface area (Å²) < 4.78 is 52.2. The van der Waals surface area contributed by atoms with E-state index in [1.807, 2.05) is 0 Å². The van der Waals surface area contributed by atoms with Crippen molar-refractivity contribution in [1.82, 2.24) is 9.19 Å². The minimum Gasteiger partial charge on any atom is -0.207 e. The predicted molar refractivity (Wildman–Crippen MR) is 68.3 cm³/mol. The average molecular weight is 351 g/mol. The number of nitrogens with zero attached hydrogens (tertiary/aromatic N) is 2. The van der Waals surface area contributed by atoms with E-state index in [9.17, 15) is 17.2 Å². The normalized spacial score (nSPS) is 11.8. The lowest BCUT2D eigenvalue weighted by atomic mass is 10.3. The molecule has 0 fully saturated rings. The molecule has 0 spiro atoms. The zero-order valence-electron chi connectivity index (χ0n) is 9.99. The highest BCUT2D eigenvalue weighted by Crippen LogP contribution is 2.25. The Labute approximate surface area is 117 Å². The lowest BCUT2D eigenvalue weighted by molar-refractivity contribution is 0.541. The molecule has 102 valence electrons. The quantitative estimate of drug-likeness (QED) is 0.836. The maximum Gasteiger partial charge on any atom is 0.286 e. The number of rotatable bonds is 2. The van der Waals surface area contributed by atoms with E-state index in [4.69, 9.17) is 0 Å². The van der Waals surface area contributed by atoms with Gasteiger partial charge in [-0.25, -0.2) is 8.78 Å². The van der Waals surface area contributed by atoms with Crippen molar-refractivity contribution in [2.24, 2.45) is 0 Å². The summed E-state index contributed by atoms with van der Waals surface area (Å²) in [6.45, 7) is 3.15. The fraction of sp³-hybridized carbons (Fsp3) is 0.182. The molecule has 0 aliphatic heterocycles. The van der Waals surface area contributed by atoms with Crippen LogP contribution in [0.5, 0.6) is 0 Å². The first-order valence-corrected chi connectivity index (χ1v) is 7.41. The zero-order valence-corrected chi connectivity index (χ0v) is 12.4. The van der Waals surface area contributed by atoms with Crippen molar-refractivity contribution in [1.29, 1.82) is 0 Å². The van der Waals surface area contributed by atoms with Crippen LogP contribution in [0.2, 0.25) is 0 Å². The van der Waals surface area contributed by atoms with Crippen LogP contribution < -0.4 is 0 Å². The van der Waals surface area contributed by atoms with Gasteiger partial charge in [0.15, 0.2) is 0 Å². The van der Waals surface area contributed by atoms with Gasteiger partial charge in [-0.05, 0) is 41.9 Å².